The summed E-state index contributed by atoms with van der Waals surface area (Å²) < 4.78 is 5.16. The molecule has 0 radical (unpaired) electrons. The van der Waals surface area contributed by atoms with Crippen molar-refractivity contribution in [1.82, 2.24) is 0 Å². The van der Waals surface area contributed by atoms with Crippen LogP contribution in [0.25, 0.3) is 0 Å². The molecule has 6 nitrogen and oxygen atoms in total. The molecule has 0 spiro atoms. The lowest BCUT2D eigenvalue weighted by Gasteiger charge is -2.19. The number of hydrogen-bond acceptors (Lipinski definition) is 4. The number of anilines is 3. The molecule has 3 rings (SSSR count). The van der Waals surface area contributed by atoms with E-state index >= 15 is 0 Å². The Morgan fingerprint density at radius 1 is 1.19 bits per heavy atom. The second kappa shape index (κ2) is 7.47. The number of carbonyl (C=O) groups excluding carboxylic acids is 2. The van der Waals surface area contributed by atoms with E-state index < -0.39 is 0 Å². The summed E-state index contributed by atoms with van der Waals surface area (Å²) in [6.07, 6.45) is 0.214. The van der Waals surface area contributed by atoms with E-state index in [2.05, 4.69) is 5.32 Å². The Hall–Kier alpha value is -3.02. The topological polar surface area (TPSA) is 61.9 Å². The fraction of sp³-hybridized carbons (Fsp3) is 0.300. The predicted molar refractivity (Wildman–Crippen MR) is 103 cm³/mol. The van der Waals surface area contributed by atoms with E-state index in [1.165, 1.54) is 0 Å². The van der Waals surface area contributed by atoms with Gasteiger partial charge in [0.25, 0.3) is 0 Å². The third-order valence-corrected chi connectivity index (χ3v) is 4.51. The molecule has 1 N–H and O–H groups in total. The standard InChI is InChI=1S/C20H23N3O3/c1-22(2)16-7-9-17(10-8-16)23-13-14(11-19(23)24)20(25)21-15-5-4-6-18(12-15)26-3/h4-10,12,14H,11,13H2,1-3H3,(H,21,25). The fourth-order valence-corrected chi connectivity index (χ4v) is 3.01. The van der Waals surface area contributed by atoms with Gasteiger partial charge in [0.05, 0.1) is 13.0 Å². The highest BCUT2D eigenvalue weighted by Gasteiger charge is 2.35. The maximum absolute atomic E-state index is 12.5. The van der Waals surface area contributed by atoms with Crippen LogP contribution in [0, 0.1) is 5.92 Å². The van der Waals surface area contributed by atoms with Crippen molar-refractivity contribution in [3.63, 3.8) is 0 Å². The predicted octanol–water partition coefficient (Wildman–Crippen LogP) is 2.75. The van der Waals surface area contributed by atoms with Crippen molar-refractivity contribution < 1.29 is 14.3 Å². The molecule has 1 saturated heterocycles. The van der Waals surface area contributed by atoms with E-state index in [1.54, 1.807) is 24.1 Å². The zero-order valence-corrected chi connectivity index (χ0v) is 15.2. The third kappa shape index (κ3) is 3.79. The molecule has 1 heterocycles. The maximum Gasteiger partial charge on any atom is 0.229 e. The van der Waals surface area contributed by atoms with Gasteiger partial charge in [-0.1, -0.05) is 6.07 Å². The number of amides is 2. The van der Waals surface area contributed by atoms with Crippen molar-refractivity contribution in [2.75, 3.05) is 42.9 Å². The smallest absolute Gasteiger partial charge is 0.229 e. The van der Waals surface area contributed by atoms with Crippen LogP contribution < -0.4 is 19.9 Å². The first-order valence-electron chi connectivity index (χ1n) is 8.50. The molecule has 0 aromatic heterocycles. The fourth-order valence-electron chi connectivity index (χ4n) is 3.01. The molecule has 0 aliphatic carbocycles. The van der Waals surface area contributed by atoms with Crippen molar-refractivity contribution >= 4 is 28.9 Å². The molecule has 0 bridgehead atoms. The average Bonchev–Trinajstić information content (AvgIpc) is 3.04. The SMILES string of the molecule is COc1cccc(NC(=O)C2CC(=O)N(c3ccc(N(C)C)cc3)C2)c1. The molecule has 1 atom stereocenters. The maximum atomic E-state index is 12.5. The van der Waals surface area contributed by atoms with E-state index in [-0.39, 0.29) is 24.2 Å². The summed E-state index contributed by atoms with van der Waals surface area (Å²) in [6.45, 7) is 0.385. The minimum absolute atomic E-state index is 0.0339. The van der Waals surface area contributed by atoms with E-state index in [9.17, 15) is 9.59 Å². The molecule has 26 heavy (non-hydrogen) atoms. The summed E-state index contributed by atoms with van der Waals surface area (Å²) in [5.41, 5.74) is 2.54. The third-order valence-electron chi connectivity index (χ3n) is 4.51. The lowest BCUT2D eigenvalue weighted by molar-refractivity contribution is -0.122. The van der Waals surface area contributed by atoms with Crippen molar-refractivity contribution in [3.05, 3.63) is 48.5 Å². The summed E-state index contributed by atoms with van der Waals surface area (Å²) in [5.74, 6) is 0.113. The number of hydrogen-bond donors (Lipinski definition) is 1. The Morgan fingerprint density at radius 2 is 1.92 bits per heavy atom. The molecule has 136 valence electrons. The van der Waals surface area contributed by atoms with E-state index in [4.69, 9.17) is 4.74 Å². The van der Waals surface area contributed by atoms with Crippen LogP contribution in [0.1, 0.15) is 6.42 Å². The summed E-state index contributed by atoms with van der Waals surface area (Å²) in [4.78, 5) is 28.6. The Morgan fingerprint density at radius 3 is 2.58 bits per heavy atom. The molecular formula is C20H23N3O3. The minimum atomic E-state index is -0.373. The number of carbonyl (C=O) groups is 2. The Bertz CT molecular complexity index is 802. The number of rotatable bonds is 5. The van der Waals surface area contributed by atoms with Crippen LogP contribution >= 0.6 is 0 Å². The molecule has 6 heteroatoms. The number of nitrogens with one attached hydrogen (secondary N) is 1. The number of methoxy groups -OCH3 is 1. The van der Waals surface area contributed by atoms with Gasteiger partial charge in [-0.05, 0) is 36.4 Å². The van der Waals surface area contributed by atoms with Gasteiger partial charge in [-0.25, -0.2) is 0 Å². The molecule has 0 saturated carbocycles. The van der Waals surface area contributed by atoms with Crippen LogP contribution in [0.2, 0.25) is 0 Å². The molecule has 1 aliphatic rings. The number of benzene rings is 2. The first-order valence-corrected chi connectivity index (χ1v) is 8.50. The highest BCUT2D eigenvalue weighted by atomic mass is 16.5. The first kappa shape index (κ1) is 17.8. The van der Waals surface area contributed by atoms with Crippen molar-refractivity contribution in [2.24, 2.45) is 5.92 Å². The Kier molecular flexibility index (Phi) is 5.11. The van der Waals surface area contributed by atoms with E-state index in [0.717, 1.165) is 11.4 Å². The van der Waals surface area contributed by atoms with Gasteiger partial charge in [0.2, 0.25) is 11.8 Å². The second-order valence-corrected chi connectivity index (χ2v) is 6.54. The molecule has 2 aromatic rings. The molecular weight excluding hydrogens is 330 g/mol. The van der Waals surface area contributed by atoms with Gasteiger partial charge < -0.3 is 19.9 Å². The normalized spacial score (nSPS) is 16.5. The van der Waals surface area contributed by atoms with Crippen LogP contribution in [-0.2, 0) is 9.59 Å². The van der Waals surface area contributed by atoms with Crippen molar-refractivity contribution in [3.8, 4) is 5.75 Å². The highest BCUT2D eigenvalue weighted by Crippen LogP contribution is 2.28. The average molecular weight is 353 g/mol. The van der Waals surface area contributed by atoms with Crippen LogP contribution in [-0.4, -0.2) is 39.6 Å². The Balaban J connectivity index is 1.67. The molecule has 2 amide bonds. The zero-order valence-electron chi connectivity index (χ0n) is 15.2. The summed E-state index contributed by atoms with van der Waals surface area (Å²) in [6, 6.07) is 14.9. The number of nitrogens with zero attached hydrogens (tertiary/aromatic N) is 2. The van der Waals surface area contributed by atoms with Gasteiger partial charge in [0.1, 0.15) is 5.75 Å². The molecule has 1 aliphatic heterocycles. The van der Waals surface area contributed by atoms with E-state index in [0.29, 0.717) is 18.0 Å². The quantitative estimate of drug-likeness (QED) is 0.898. The minimum Gasteiger partial charge on any atom is -0.497 e. The van der Waals surface area contributed by atoms with E-state index in [1.807, 2.05) is 55.4 Å². The van der Waals surface area contributed by atoms with Gasteiger partial charge >= 0.3 is 0 Å². The second-order valence-electron chi connectivity index (χ2n) is 6.54. The summed E-state index contributed by atoms with van der Waals surface area (Å²) in [5, 5.41) is 2.87. The molecule has 1 fully saturated rings. The van der Waals surface area contributed by atoms with Crippen LogP contribution in [0.5, 0.6) is 5.75 Å². The zero-order chi connectivity index (χ0) is 18.7. The largest absolute Gasteiger partial charge is 0.497 e. The van der Waals surface area contributed by atoms with Gasteiger partial charge in [0.15, 0.2) is 0 Å². The highest BCUT2D eigenvalue weighted by molar-refractivity contribution is 6.03. The van der Waals surface area contributed by atoms with Crippen molar-refractivity contribution in [2.45, 2.75) is 6.42 Å². The lowest BCUT2D eigenvalue weighted by atomic mass is 10.1. The summed E-state index contributed by atoms with van der Waals surface area (Å²) in [7, 11) is 5.51. The van der Waals surface area contributed by atoms with Crippen molar-refractivity contribution in [1.29, 1.82) is 0 Å². The van der Waals surface area contributed by atoms with Crippen LogP contribution in [0.15, 0.2) is 48.5 Å². The monoisotopic (exact) mass is 353 g/mol. The lowest BCUT2D eigenvalue weighted by Crippen LogP contribution is -2.28. The van der Waals surface area contributed by atoms with Gasteiger partial charge in [-0.3, -0.25) is 9.59 Å². The first-order chi connectivity index (χ1) is 12.5. The van der Waals surface area contributed by atoms with Gasteiger partial charge in [-0.2, -0.15) is 0 Å². The Labute approximate surface area is 153 Å². The molecule has 2 aromatic carbocycles. The molecule has 1 unspecified atom stereocenters. The van der Waals surface area contributed by atoms with Crippen LogP contribution in [0.4, 0.5) is 17.1 Å². The number of ether oxygens (including phenoxy) is 1. The van der Waals surface area contributed by atoms with Gasteiger partial charge in [-0.15, -0.1) is 0 Å². The van der Waals surface area contributed by atoms with Crippen LogP contribution in [0.3, 0.4) is 0 Å². The summed E-state index contributed by atoms with van der Waals surface area (Å²) >= 11 is 0. The van der Waals surface area contributed by atoms with Gasteiger partial charge in [0, 0.05) is 50.2 Å².